The summed E-state index contributed by atoms with van der Waals surface area (Å²) >= 11 is 3.51. The van der Waals surface area contributed by atoms with Gasteiger partial charge in [0.1, 0.15) is 10.3 Å². The average Bonchev–Trinajstić information content (AvgIpc) is 2.48. The smallest absolute Gasteiger partial charge is 0.138 e. The molecular weight excluding hydrogens is 240 g/mol. The average molecular weight is 253 g/mol. The molecule has 0 fully saturated rings. The fourth-order valence-electron chi connectivity index (χ4n) is 2.01. The number of aryl methyl sites for hydroxylation is 2. The molecule has 74 valence electrons. The summed E-state index contributed by atoms with van der Waals surface area (Å²) in [4.78, 5) is 4.33. The van der Waals surface area contributed by atoms with Crippen LogP contribution in [0.3, 0.4) is 0 Å². The van der Waals surface area contributed by atoms with E-state index in [1.165, 1.54) is 16.8 Å². The van der Waals surface area contributed by atoms with Gasteiger partial charge in [0.05, 0.1) is 6.20 Å². The number of rotatable bonds is 1. The van der Waals surface area contributed by atoms with Crippen molar-refractivity contribution in [2.45, 2.75) is 27.2 Å². The number of nitrogens with zero attached hydrogens (tertiary/aromatic N) is 2. The van der Waals surface area contributed by atoms with Gasteiger partial charge in [0.25, 0.3) is 0 Å². The first-order chi connectivity index (χ1) is 6.65. The molecule has 0 N–H and O–H groups in total. The monoisotopic (exact) mass is 252 g/mol. The van der Waals surface area contributed by atoms with Gasteiger partial charge in [-0.25, -0.2) is 4.98 Å². The minimum atomic E-state index is 1.02. The molecule has 2 aromatic rings. The molecule has 0 spiro atoms. The second kappa shape index (κ2) is 3.39. The molecule has 0 atom stereocenters. The summed E-state index contributed by atoms with van der Waals surface area (Å²) in [5, 5.41) is 0. The third kappa shape index (κ3) is 1.27. The molecule has 0 aliphatic heterocycles. The van der Waals surface area contributed by atoms with E-state index in [0.29, 0.717) is 0 Å². The molecule has 0 aliphatic carbocycles. The van der Waals surface area contributed by atoms with E-state index in [1.807, 2.05) is 6.20 Å². The first-order valence-corrected chi connectivity index (χ1v) is 5.56. The van der Waals surface area contributed by atoms with Gasteiger partial charge in [-0.2, -0.15) is 0 Å². The summed E-state index contributed by atoms with van der Waals surface area (Å²) in [6.07, 6.45) is 2.92. The van der Waals surface area contributed by atoms with E-state index in [9.17, 15) is 0 Å². The molecule has 2 aromatic heterocycles. The predicted molar refractivity (Wildman–Crippen MR) is 61.7 cm³/mol. The summed E-state index contributed by atoms with van der Waals surface area (Å²) in [6, 6.07) is 2.14. The fraction of sp³-hybridized carbons (Fsp3) is 0.364. The Morgan fingerprint density at radius 2 is 2.14 bits per heavy atom. The SMILES string of the molecule is CCc1c(C)cc2ncc(Br)n2c1C. The number of halogens is 1. The maximum Gasteiger partial charge on any atom is 0.138 e. The van der Waals surface area contributed by atoms with Crippen LogP contribution in [0, 0.1) is 13.8 Å². The largest absolute Gasteiger partial charge is 0.291 e. The van der Waals surface area contributed by atoms with Gasteiger partial charge in [-0.1, -0.05) is 6.92 Å². The highest BCUT2D eigenvalue weighted by molar-refractivity contribution is 9.10. The third-order valence-corrected chi connectivity index (χ3v) is 3.25. The van der Waals surface area contributed by atoms with Crippen molar-refractivity contribution >= 4 is 21.6 Å². The third-order valence-electron chi connectivity index (χ3n) is 2.69. The van der Waals surface area contributed by atoms with E-state index in [0.717, 1.165) is 16.7 Å². The van der Waals surface area contributed by atoms with Crippen LogP contribution in [-0.2, 0) is 6.42 Å². The van der Waals surface area contributed by atoms with Crippen LogP contribution in [0.1, 0.15) is 23.7 Å². The molecule has 14 heavy (non-hydrogen) atoms. The molecule has 3 heteroatoms. The van der Waals surface area contributed by atoms with Crippen LogP contribution in [-0.4, -0.2) is 9.38 Å². The lowest BCUT2D eigenvalue weighted by atomic mass is 10.1. The Morgan fingerprint density at radius 1 is 1.43 bits per heavy atom. The van der Waals surface area contributed by atoms with Gasteiger partial charge in [-0.3, -0.25) is 4.40 Å². The predicted octanol–water partition coefficient (Wildman–Crippen LogP) is 3.28. The maximum absolute atomic E-state index is 4.33. The van der Waals surface area contributed by atoms with Crippen molar-refractivity contribution in [1.82, 2.24) is 9.38 Å². The molecule has 0 saturated heterocycles. The Hall–Kier alpha value is -0.830. The van der Waals surface area contributed by atoms with Crippen molar-refractivity contribution in [1.29, 1.82) is 0 Å². The molecule has 2 heterocycles. The van der Waals surface area contributed by atoms with Gasteiger partial charge in [0, 0.05) is 5.69 Å². The van der Waals surface area contributed by atoms with Crippen molar-refractivity contribution in [2.24, 2.45) is 0 Å². The first-order valence-electron chi connectivity index (χ1n) is 4.77. The van der Waals surface area contributed by atoms with Crippen molar-refractivity contribution in [3.8, 4) is 0 Å². The van der Waals surface area contributed by atoms with E-state index < -0.39 is 0 Å². The van der Waals surface area contributed by atoms with Crippen molar-refractivity contribution in [3.63, 3.8) is 0 Å². The lowest BCUT2D eigenvalue weighted by Gasteiger charge is -2.10. The van der Waals surface area contributed by atoms with Gasteiger partial charge in [0.15, 0.2) is 0 Å². The molecule has 0 aromatic carbocycles. The fourth-order valence-corrected chi connectivity index (χ4v) is 2.56. The Balaban J connectivity index is 2.89. The summed E-state index contributed by atoms with van der Waals surface area (Å²) < 4.78 is 3.17. The highest BCUT2D eigenvalue weighted by atomic mass is 79.9. The topological polar surface area (TPSA) is 17.3 Å². The Morgan fingerprint density at radius 3 is 2.79 bits per heavy atom. The van der Waals surface area contributed by atoms with E-state index in [1.54, 1.807) is 0 Å². The Kier molecular flexibility index (Phi) is 2.35. The zero-order valence-corrected chi connectivity index (χ0v) is 10.2. The van der Waals surface area contributed by atoms with Gasteiger partial charge < -0.3 is 0 Å². The second-order valence-corrected chi connectivity index (χ2v) is 4.33. The molecule has 0 aliphatic rings. The quantitative estimate of drug-likeness (QED) is 0.762. The molecule has 0 amide bonds. The highest BCUT2D eigenvalue weighted by Gasteiger charge is 2.08. The van der Waals surface area contributed by atoms with Crippen molar-refractivity contribution < 1.29 is 0 Å². The van der Waals surface area contributed by atoms with Gasteiger partial charge in [-0.15, -0.1) is 0 Å². The van der Waals surface area contributed by atoms with Gasteiger partial charge in [0.2, 0.25) is 0 Å². The van der Waals surface area contributed by atoms with Crippen LogP contribution in [0.5, 0.6) is 0 Å². The van der Waals surface area contributed by atoms with Gasteiger partial charge in [-0.05, 0) is 53.4 Å². The molecule has 2 rings (SSSR count). The maximum atomic E-state index is 4.33. The number of aromatic nitrogens is 2. The van der Waals surface area contributed by atoms with Crippen molar-refractivity contribution in [3.05, 3.63) is 33.7 Å². The van der Waals surface area contributed by atoms with Crippen molar-refractivity contribution in [2.75, 3.05) is 0 Å². The standard InChI is InChI=1S/C11H13BrN2/c1-4-9-7(2)5-11-13-6-10(12)14(11)8(9)3/h5-6H,4H2,1-3H3. The molecule has 0 unspecified atom stereocenters. The number of imidazole rings is 1. The Bertz CT molecular complexity index is 485. The molecular formula is C11H13BrN2. The lowest BCUT2D eigenvalue weighted by molar-refractivity contribution is 0.973. The number of fused-ring (bicyclic) bond motifs is 1. The van der Waals surface area contributed by atoms with E-state index in [-0.39, 0.29) is 0 Å². The van der Waals surface area contributed by atoms with Crippen LogP contribution in [0.25, 0.3) is 5.65 Å². The number of pyridine rings is 1. The lowest BCUT2D eigenvalue weighted by Crippen LogP contribution is -2.00. The second-order valence-electron chi connectivity index (χ2n) is 3.52. The summed E-state index contributed by atoms with van der Waals surface area (Å²) in [6.45, 7) is 6.48. The Labute approximate surface area is 92.1 Å². The zero-order valence-electron chi connectivity index (χ0n) is 8.63. The molecule has 0 bridgehead atoms. The van der Waals surface area contributed by atoms with Gasteiger partial charge >= 0.3 is 0 Å². The number of hydrogen-bond acceptors (Lipinski definition) is 1. The number of hydrogen-bond donors (Lipinski definition) is 0. The summed E-state index contributed by atoms with van der Waals surface area (Å²) in [5.41, 5.74) is 5.04. The summed E-state index contributed by atoms with van der Waals surface area (Å²) in [5.74, 6) is 0. The van der Waals surface area contributed by atoms with Crippen LogP contribution in [0.2, 0.25) is 0 Å². The van der Waals surface area contributed by atoms with E-state index in [4.69, 9.17) is 0 Å². The minimum Gasteiger partial charge on any atom is -0.291 e. The molecule has 0 saturated carbocycles. The normalized spacial score (nSPS) is 11.1. The minimum absolute atomic E-state index is 1.02. The molecule has 0 radical (unpaired) electrons. The summed E-state index contributed by atoms with van der Waals surface area (Å²) in [7, 11) is 0. The first kappa shape index (κ1) is 9.71. The van der Waals surface area contributed by atoms with Crippen LogP contribution >= 0.6 is 15.9 Å². The van der Waals surface area contributed by atoms with Crippen LogP contribution in [0.4, 0.5) is 0 Å². The van der Waals surface area contributed by atoms with E-state index in [2.05, 4.69) is 52.2 Å². The van der Waals surface area contributed by atoms with Crippen LogP contribution < -0.4 is 0 Å². The van der Waals surface area contributed by atoms with E-state index >= 15 is 0 Å². The zero-order chi connectivity index (χ0) is 10.3. The molecule has 2 nitrogen and oxygen atoms in total. The highest BCUT2D eigenvalue weighted by Crippen LogP contribution is 2.21. The van der Waals surface area contributed by atoms with Crippen LogP contribution in [0.15, 0.2) is 16.9 Å².